The molecule has 0 fully saturated rings. The number of para-hydroxylation sites is 1. The molecule has 0 spiro atoms. The number of benzene rings is 2. The van der Waals surface area contributed by atoms with Crippen LogP contribution in [0.2, 0.25) is 0 Å². The molecule has 1 unspecified atom stereocenters. The molecule has 7 heteroatoms. The molecule has 0 amide bonds. The summed E-state index contributed by atoms with van der Waals surface area (Å²) in [5.74, 6) is -0.434. The number of nitro groups is 1. The van der Waals surface area contributed by atoms with Gasteiger partial charge in [0.25, 0.3) is 11.4 Å². The van der Waals surface area contributed by atoms with Crippen LogP contribution in [0.4, 0.5) is 0 Å². The molecule has 0 saturated heterocycles. The number of rotatable bonds is 3. The minimum absolute atomic E-state index is 0.0455. The number of hydrogen-bond acceptors (Lipinski definition) is 5. The largest absolute Gasteiger partial charge is 0.434 e. The van der Waals surface area contributed by atoms with E-state index in [0.29, 0.717) is 16.8 Å². The van der Waals surface area contributed by atoms with Crippen LogP contribution in [0.5, 0.6) is 5.75 Å². The third kappa shape index (κ3) is 2.47. The van der Waals surface area contributed by atoms with Gasteiger partial charge < -0.3 is 14.6 Å². The molecule has 0 bridgehead atoms. The van der Waals surface area contributed by atoms with E-state index in [4.69, 9.17) is 4.74 Å². The lowest BCUT2D eigenvalue weighted by Gasteiger charge is -2.27. The summed E-state index contributed by atoms with van der Waals surface area (Å²) >= 11 is 0. The van der Waals surface area contributed by atoms with Gasteiger partial charge in [0.15, 0.2) is 0 Å². The van der Waals surface area contributed by atoms with Gasteiger partial charge in [-0.3, -0.25) is 14.9 Å². The Balaban J connectivity index is 2.18. The summed E-state index contributed by atoms with van der Waals surface area (Å²) in [5, 5.41) is 15.5. The highest BCUT2D eigenvalue weighted by Crippen LogP contribution is 2.44. The first-order chi connectivity index (χ1) is 13.5. The molecule has 7 nitrogen and oxygen atoms in total. The van der Waals surface area contributed by atoms with Crippen molar-refractivity contribution < 1.29 is 9.66 Å². The van der Waals surface area contributed by atoms with E-state index >= 15 is 0 Å². The summed E-state index contributed by atoms with van der Waals surface area (Å²) in [5.41, 5.74) is 2.08. The average molecular weight is 377 g/mol. The van der Waals surface area contributed by atoms with E-state index in [-0.39, 0.29) is 22.7 Å². The Kier molecular flexibility index (Phi) is 4.15. The fourth-order valence-corrected chi connectivity index (χ4v) is 3.86. The van der Waals surface area contributed by atoms with Crippen molar-refractivity contribution in [2.24, 2.45) is 7.05 Å². The average Bonchev–Trinajstić information content (AvgIpc) is 2.70. The van der Waals surface area contributed by atoms with Gasteiger partial charge >= 0.3 is 5.70 Å². The van der Waals surface area contributed by atoms with Crippen LogP contribution in [-0.2, 0) is 7.05 Å². The van der Waals surface area contributed by atoms with Gasteiger partial charge in [-0.2, -0.15) is 0 Å². The minimum atomic E-state index is -0.842. The molecule has 1 aliphatic rings. The second-order valence-electron chi connectivity index (χ2n) is 6.74. The summed E-state index contributed by atoms with van der Waals surface area (Å²) in [6.45, 7) is 1.88. The first-order valence-electron chi connectivity index (χ1n) is 8.87. The Morgan fingerprint density at radius 2 is 1.82 bits per heavy atom. The first-order valence-corrected chi connectivity index (χ1v) is 8.87. The number of fused-ring (bicyclic) bond motifs is 3. The summed E-state index contributed by atoms with van der Waals surface area (Å²) < 4.78 is 7.43. The van der Waals surface area contributed by atoms with Gasteiger partial charge in [0.2, 0.25) is 0 Å². The Morgan fingerprint density at radius 1 is 1.14 bits per heavy atom. The fourth-order valence-electron chi connectivity index (χ4n) is 3.86. The van der Waals surface area contributed by atoms with Gasteiger partial charge in [-0.1, -0.05) is 36.4 Å². The minimum Gasteiger partial charge on any atom is -0.434 e. The zero-order valence-corrected chi connectivity index (χ0v) is 15.7. The van der Waals surface area contributed by atoms with Crippen molar-refractivity contribution in [3.8, 4) is 5.75 Å². The van der Waals surface area contributed by atoms with Crippen LogP contribution in [0.1, 0.15) is 22.6 Å². The first kappa shape index (κ1) is 17.8. The maximum absolute atomic E-state index is 13.3. The van der Waals surface area contributed by atoms with E-state index in [1.54, 1.807) is 14.1 Å². The lowest BCUT2D eigenvalue weighted by atomic mass is 9.84. The van der Waals surface area contributed by atoms with Crippen LogP contribution < -0.4 is 15.6 Å². The Bertz CT molecular complexity index is 1210. The molecule has 1 aliphatic heterocycles. The molecule has 2 aromatic carbocycles. The van der Waals surface area contributed by atoms with E-state index in [2.05, 4.69) is 5.32 Å². The highest BCUT2D eigenvalue weighted by atomic mass is 16.6. The highest BCUT2D eigenvalue weighted by molar-refractivity contribution is 5.88. The summed E-state index contributed by atoms with van der Waals surface area (Å²) in [4.78, 5) is 24.8. The second kappa shape index (κ2) is 6.53. The van der Waals surface area contributed by atoms with E-state index in [1.165, 1.54) is 4.57 Å². The van der Waals surface area contributed by atoms with Gasteiger partial charge in [-0.25, -0.2) is 0 Å². The predicted octanol–water partition coefficient (Wildman–Crippen LogP) is 3.04. The molecule has 28 heavy (non-hydrogen) atoms. The lowest BCUT2D eigenvalue weighted by molar-refractivity contribution is -0.432. The summed E-state index contributed by atoms with van der Waals surface area (Å²) in [7, 11) is 3.24. The molecule has 142 valence electrons. The number of ether oxygens (including phenoxy) is 1. The van der Waals surface area contributed by atoms with Crippen molar-refractivity contribution in [2.75, 3.05) is 7.05 Å². The highest BCUT2D eigenvalue weighted by Gasteiger charge is 2.43. The molecular weight excluding hydrogens is 358 g/mol. The smallest absolute Gasteiger partial charge is 0.317 e. The van der Waals surface area contributed by atoms with Crippen LogP contribution in [-0.4, -0.2) is 16.5 Å². The van der Waals surface area contributed by atoms with Crippen molar-refractivity contribution >= 4 is 10.9 Å². The van der Waals surface area contributed by atoms with Crippen LogP contribution in [0.3, 0.4) is 0 Å². The van der Waals surface area contributed by atoms with Crippen molar-refractivity contribution in [3.05, 3.63) is 97.3 Å². The van der Waals surface area contributed by atoms with Crippen LogP contribution in [0.25, 0.3) is 10.9 Å². The van der Waals surface area contributed by atoms with Gasteiger partial charge in [0.05, 0.1) is 16.0 Å². The molecule has 1 atom stereocenters. The molecular formula is C21H19N3O4. The quantitative estimate of drug-likeness (QED) is 0.560. The number of aromatic nitrogens is 1. The van der Waals surface area contributed by atoms with E-state index in [9.17, 15) is 14.9 Å². The van der Waals surface area contributed by atoms with E-state index in [1.807, 2.05) is 55.5 Å². The number of allylic oxidation sites excluding steroid dienone is 1. The molecule has 0 saturated carbocycles. The van der Waals surface area contributed by atoms with Crippen LogP contribution >= 0.6 is 0 Å². The lowest BCUT2D eigenvalue weighted by Crippen LogP contribution is -2.34. The monoisotopic (exact) mass is 377 g/mol. The summed E-state index contributed by atoms with van der Waals surface area (Å²) in [6.07, 6.45) is 0. The number of aryl methyl sites for hydroxylation is 2. The summed E-state index contributed by atoms with van der Waals surface area (Å²) in [6, 6.07) is 14.8. The maximum Gasteiger partial charge on any atom is 0.317 e. The van der Waals surface area contributed by atoms with Crippen LogP contribution in [0, 0.1) is 17.0 Å². The SMILES string of the molecule is CNC1=C([N+](=O)[O-])C(c2ccccc2C)c2c(c3ccccc3n(C)c2=O)O1. The molecule has 3 aromatic rings. The Hall–Kier alpha value is -3.61. The third-order valence-corrected chi connectivity index (χ3v) is 5.21. The van der Waals surface area contributed by atoms with E-state index < -0.39 is 10.8 Å². The maximum atomic E-state index is 13.3. The van der Waals surface area contributed by atoms with Gasteiger partial charge in [-0.05, 0) is 30.2 Å². The van der Waals surface area contributed by atoms with Crippen molar-refractivity contribution in [1.82, 2.24) is 9.88 Å². The molecule has 0 aliphatic carbocycles. The fraction of sp³-hybridized carbons (Fsp3) is 0.190. The van der Waals surface area contributed by atoms with Crippen molar-refractivity contribution in [3.63, 3.8) is 0 Å². The number of hydrogen-bond donors (Lipinski definition) is 1. The molecule has 2 heterocycles. The number of nitrogens with zero attached hydrogens (tertiary/aromatic N) is 2. The number of nitrogens with one attached hydrogen (secondary N) is 1. The number of pyridine rings is 1. The Morgan fingerprint density at radius 3 is 2.50 bits per heavy atom. The van der Waals surface area contributed by atoms with Crippen LogP contribution in [0.15, 0.2) is 64.9 Å². The predicted molar refractivity (Wildman–Crippen MR) is 106 cm³/mol. The van der Waals surface area contributed by atoms with Crippen molar-refractivity contribution in [1.29, 1.82) is 0 Å². The second-order valence-corrected chi connectivity index (χ2v) is 6.74. The standard InChI is InChI=1S/C21H19N3O4/c1-12-8-4-5-9-13(12)16-17-19(28-20(22-2)18(16)24(26)27)14-10-6-7-11-15(14)23(3)21(17)25/h4-11,16,22H,1-3H3. The molecule has 0 radical (unpaired) electrons. The molecule has 1 N–H and O–H groups in total. The zero-order chi connectivity index (χ0) is 20.0. The topological polar surface area (TPSA) is 86.4 Å². The zero-order valence-electron chi connectivity index (χ0n) is 15.7. The van der Waals surface area contributed by atoms with Gasteiger partial charge in [0, 0.05) is 19.5 Å². The Labute approximate surface area is 161 Å². The third-order valence-electron chi connectivity index (χ3n) is 5.21. The van der Waals surface area contributed by atoms with E-state index in [0.717, 1.165) is 10.9 Å². The normalized spacial score (nSPS) is 15.9. The van der Waals surface area contributed by atoms with Crippen molar-refractivity contribution in [2.45, 2.75) is 12.8 Å². The van der Waals surface area contributed by atoms with Gasteiger partial charge in [0.1, 0.15) is 11.7 Å². The molecule has 4 rings (SSSR count). The molecule has 1 aromatic heterocycles. The van der Waals surface area contributed by atoms with Gasteiger partial charge in [-0.15, -0.1) is 0 Å².